The van der Waals surface area contributed by atoms with Gasteiger partial charge in [0.1, 0.15) is 5.82 Å². The third kappa shape index (κ3) is 9.77. The van der Waals surface area contributed by atoms with Crippen molar-refractivity contribution in [2.75, 3.05) is 0 Å². The van der Waals surface area contributed by atoms with Gasteiger partial charge in [-0.15, -0.1) is 0 Å². The van der Waals surface area contributed by atoms with E-state index in [-0.39, 0.29) is 7.24 Å². The number of rotatable bonds is 10. The molecule has 0 saturated carbocycles. The third-order valence-corrected chi connectivity index (χ3v) is 6.22. The molecular formula is C32H48F3N3. The van der Waals surface area contributed by atoms with Crippen LogP contribution >= 0.6 is 0 Å². The topological polar surface area (TPSA) is 30.7 Å². The Bertz CT molecular complexity index is 1210. The number of hydrogen-bond acceptors (Lipinski definition) is 2. The fourth-order valence-electron chi connectivity index (χ4n) is 4.12. The average molecular weight is 532 g/mol. The van der Waals surface area contributed by atoms with Crippen molar-refractivity contribution in [1.29, 1.82) is 0 Å². The standard InChI is InChI=1S/C22H32FN3.C8H8F2.C2H6.H2/c1-5-9-12-17(8-4)16-26-21(11-7-3)20(10-6-2)25-22(26)18-13-14-24-15-19(18)23;1-2-6-3-4-7(9)8(10)5-6;1-2;/h10-11,13-15,17H,5-9,12,16H2,1-4H3;3-5H,2H2,1H3;1-2H3;1H/b20-10+,21-11+;;;/t17-;;;/m0.../s1. The van der Waals surface area contributed by atoms with Crippen LogP contribution in [0.15, 0.2) is 36.7 Å². The summed E-state index contributed by atoms with van der Waals surface area (Å²) < 4.78 is 41.3. The Morgan fingerprint density at radius 1 is 0.921 bits per heavy atom. The van der Waals surface area contributed by atoms with Crippen LogP contribution in [-0.2, 0) is 13.0 Å². The first-order valence-electron chi connectivity index (χ1n) is 14.2. The highest BCUT2D eigenvalue weighted by Crippen LogP contribution is 2.21. The van der Waals surface area contributed by atoms with Crippen molar-refractivity contribution in [1.82, 2.24) is 14.5 Å². The smallest absolute Gasteiger partial charge is 0.159 e. The second-order valence-electron chi connectivity index (χ2n) is 8.92. The predicted octanol–water partition coefficient (Wildman–Crippen LogP) is 8.48. The van der Waals surface area contributed by atoms with Gasteiger partial charge in [0.05, 0.1) is 22.5 Å². The fourth-order valence-corrected chi connectivity index (χ4v) is 4.12. The largest absolute Gasteiger partial charge is 0.324 e. The zero-order valence-electron chi connectivity index (χ0n) is 24.3. The highest BCUT2D eigenvalue weighted by molar-refractivity contribution is 5.56. The Morgan fingerprint density at radius 2 is 1.63 bits per heavy atom. The number of benzene rings is 1. The number of halogens is 3. The van der Waals surface area contributed by atoms with Gasteiger partial charge in [-0.2, -0.15) is 0 Å². The molecule has 3 rings (SSSR count). The van der Waals surface area contributed by atoms with Crippen molar-refractivity contribution < 1.29 is 14.6 Å². The molecule has 0 fully saturated rings. The van der Waals surface area contributed by atoms with Crippen molar-refractivity contribution in [3.63, 3.8) is 0 Å². The minimum atomic E-state index is -0.780. The summed E-state index contributed by atoms with van der Waals surface area (Å²) in [6.07, 6.45) is 14.6. The van der Waals surface area contributed by atoms with Gasteiger partial charge in [0.25, 0.3) is 0 Å². The van der Waals surface area contributed by atoms with Gasteiger partial charge < -0.3 is 4.57 Å². The van der Waals surface area contributed by atoms with Gasteiger partial charge in [-0.05, 0) is 55.4 Å². The van der Waals surface area contributed by atoms with Crippen molar-refractivity contribution in [2.24, 2.45) is 5.92 Å². The number of nitrogens with zero attached hydrogens (tertiary/aromatic N) is 3. The lowest BCUT2D eigenvalue weighted by molar-refractivity contribution is 0.388. The van der Waals surface area contributed by atoms with Gasteiger partial charge in [-0.3, -0.25) is 4.98 Å². The van der Waals surface area contributed by atoms with Gasteiger partial charge in [-0.25, -0.2) is 18.2 Å². The minimum Gasteiger partial charge on any atom is -0.324 e. The molecule has 0 aliphatic heterocycles. The maximum absolute atomic E-state index is 14.5. The minimum absolute atomic E-state index is 0. The van der Waals surface area contributed by atoms with Crippen LogP contribution < -0.4 is 10.7 Å². The number of aromatic nitrogens is 3. The van der Waals surface area contributed by atoms with Crippen molar-refractivity contribution in [3.05, 3.63) is 70.4 Å². The van der Waals surface area contributed by atoms with Gasteiger partial charge in [-0.1, -0.05) is 85.9 Å². The van der Waals surface area contributed by atoms with Crippen LogP contribution in [0.5, 0.6) is 0 Å². The summed E-state index contributed by atoms with van der Waals surface area (Å²) in [6, 6.07) is 5.68. The number of pyridine rings is 1. The molecule has 0 saturated heterocycles. The normalized spacial score (nSPS) is 12.5. The van der Waals surface area contributed by atoms with E-state index in [0.29, 0.717) is 11.5 Å². The van der Waals surface area contributed by atoms with Crippen molar-refractivity contribution >= 4 is 12.2 Å². The lowest BCUT2D eigenvalue weighted by Crippen LogP contribution is -2.32. The average Bonchev–Trinajstić information content (AvgIpc) is 3.26. The van der Waals surface area contributed by atoms with Crippen LogP contribution in [-0.4, -0.2) is 14.5 Å². The van der Waals surface area contributed by atoms with Crippen LogP contribution in [0.25, 0.3) is 23.5 Å². The summed E-state index contributed by atoms with van der Waals surface area (Å²) >= 11 is 0. The van der Waals surface area contributed by atoms with E-state index in [1.165, 1.54) is 31.5 Å². The molecule has 0 aliphatic carbocycles. The number of imidazole rings is 1. The Morgan fingerprint density at radius 3 is 2.18 bits per heavy atom. The molecule has 1 atom stereocenters. The Balaban J connectivity index is 0.000000931. The molecule has 0 aliphatic rings. The van der Waals surface area contributed by atoms with E-state index in [4.69, 9.17) is 4.98 Å². The van der Waals surface area contributed by atoms with Crippen molar-refractivity contribution in [3.8, 4) is 11.4 Å². The zero-order valence-corrected chi connectivity index (χ0v) is 24.3. The molecule has 1 aromatic carbocycles. The maximum atomic E-state index is 14.5. The first-order chi connectivity index (χ1) is 18.4. The molecule has 0 bridgehead atoms. The van der Waals surface area contributed by atoms with Crippen molar-refractivity contribution in [2.45, 2.75) is 100.0 Å². The number of unbranched alkanes of at least 4 members (excludes halogenated alkanes) is 1. The van der Waals surface area contributed by atoms with Gasteiger partial charge in [0, 0.05) is 14.2 Å². The Kier molecular flexibility index (Phi) is 16.0. The monoisotopic (exact) mass is 531 g/mol. The second kappa shape index (κ2) is 18.4. The highest BCUT2D eigenvalue weighted by Gasteiger charge is 2.17. The van der Waals surface area contributed by atoms with Gasteiger partial charge >= 0.3 is 0 Å². The summed E-state index contributed by atoms with van der Waals surface area (Å²) in [5.74, 6) is -0.562. The van der Waals surface area contributed by atoms with E-state index in [9.17, 15) is 13.2 Å². The van der Waals surface area contributed by atoms with Crippen LogP contribution in [0, 0.1) is 23.4 Å². The van der Waals surface area contributed by atoms with E-state index in [1.807, 2.05) is 20.8 Å². The van der Waals surface area contributed by atoms with Crippen LogP contribution in [0.2, 0.25) is 0 Å². The van der Waals surface area contributed by atoms with Crippen LogP contribution in [0.3, 0.4) is 0 Å². The van der Waals surface area contributed by atoms with Gasteiger partial charge in [0.2, 0.25) is 0 Å². The van der Waals surface area contributed by atoms with Crippen LogP contribution in [0.1, 0.15) is 94.0 Å². The number of aryl methyl sites for hydroxylation is 1. The fraction of sp³-hybridized carbons (Fsp3) is 0.500. The molecule has 0 radical (unpaired) electrons. The van der Waals surface area contributed by atoms with E-state index in [1.54, 1.807) is 18.3 Å². The van der Waals surface area contributed by atoms with E-state index >= 15 is 0 Å². The van der Waals surface area contributed by atoms with Crippen LogP contribution in [0.4, 0.5) is 13.2 Å². The molecule has 6 heteroatoms. The van der Waals surface area contributed by atoms with Gasteiger partial charge in [0.15, 0.2) is 17.5 Å². The summed E-state index contributed by atoms with van der Waals surface area (Å²) in [5.41, 5.74) is 1.35. The molecule has 0 unspecified atom stereocenters. The first-order valence-corrected chi connectivity index (χ1v) is 14.2. The third-order valence-electron chi connectivity index (χ3n) is 6.22. The molecular weight excluding hydrogens is 483 g/mol. The Hall–Kier alpha value is -2.89. The lowest BCUT2D eigenvalue weighted by atomic mass is 9.99. The second-order valence-corrected chi connectivity index (χ2v) is 8.92. The van der Waals surface area contributed by atoms with E-state index in [2.05, 4.69) is 49.4 Å². The quantitative estimate of drug-likeness (QED) is 0.263. The molecule has 0 spiro atoms. The SMILES string of the molecule is CC.CC/C=c1/nc(-c2ccncc2F)n(C[C@@H](CC)CCCC)/c1=C/CC.CCc1ccc(F)c(F)c1.[HH]. The maximum Gasteiger partial charge on any atom is 0.159 e. The molecule has 0 N–H and O–H groups in total. The lowest BCUT2D eigenvalue weighted by Gasteiger charge is -2.17. The highest BCUT2D eigenvalue weighted by atomic mass is 19.2. The van der Waals surface area contributed by atoms with E-state index < -0.39 is 11.6 Å². The summed E-state index contributed by atoms with van der Waals surface area (Å²) in [6.45, 7) is 15.5. The Labute approximate surface area is 229 Å². The summed E-state index contributed by atoms with van der Waals surface area (Å²) in [5, 5.41) is 2.08. The number of hydrogen-bond donors (Lipinski definition) is 0. The molecule has 3 nitrogen and oxygen atoms in total. The molecule has 2 heterocycles. The summed E-state index contributed by atoms with van der Waals surface area (Å²) in [4.78, 5) is 8.72. The molecule has 38 heavy (non-hydrogen) atoms. The van der Waals surface area contributed by atoms with E-state index in [0.717, 1.165) is 60.4 Å². The predicted molar refractivity (Wildman–Crippen MR) is 157 cm³/mol. The molecule has 212 valence electrons. The zero-order chi connectivity index (χ0) is 28.5. The first kappa shape index (κ1) is 33.1. The molecule has 3 aromatic rings. The summed E-state index contributed by atoms with van der Waals surface area (Å²) in [7, 11) is 0. The molecule has 0 amide bonds. The molecule has 2 aromatic heterocycles.